The Hall–Kier alpha value is -3.01. The van der Waals surface area contributed by atoms with Crippen LogP contribution in [0.5, 0.6) is 0 Å². The van der Waals surface area contributed by atoms with Crippen LogP contribution in [0, 0.1) is 19.8 Å². The molecule has 2 aromatic carbocycles. The van der Waals surface area contributed by atoms with Crippen LogP contribution >= 0.6 is 11.3 Å². The number of benzene rings is 2. The summed E-state index contributed by atoms with van der Waals surface area (Å²) in [5.74, 6) is 0.704. The molecule has 0 spiro atoms. The highest BCUT2D eigenvalue weighted by Crippen LogP contribution is 2.34. The second-order valence-electron chi connectivity index (χ2n) is 9.46. The number of hydrogen-bond acceptors (Lipinski definition) is 6. The van der Waals surface area contributed by atoms with Gasteiger partial charge in [-0.2, -0.15) is 4.31 Å². The standard InChI is InChI=1S/C27H29N3O4S2/c1-18-6-4-14-29(16-18)36(32,33)23-11-9-21(10-12-23)26(31)30(17-22-7-5-15-34-22)27-28-25-20(3)19(2)8-13-24(25)35-27/h5,7-13,15,18H,4,6,14,16-17H2,1-3H3. The molecule has 1 fully saturated rings. The topological polar surface area (TPSA) is 83.7 Å². The Morgan fingerprint density at radius 3 is 2.64 bits per heavy atom. The maximum absolute atomic E-state index is 13.7. The first-order valence-corrected chi connectivity index (χ1v) is 14.3. The highest BCUT2D eigenvalue weighted by atomic mass is 32.2. The fraction of sp³-hybridized carbons (Fsp3) is 0.333. The van der Waals surface area contributed by atoms with Crippen molar-refractivity contribution >= 4 is 42.6 Å². The van der Waals surface area contributed by atoms with Crippen LogP contribution in [0.2, 0.25) is 0 Å². The highest BCUT2D eigenvalue weighted by Gasteiger charge is 2.29. The summed E-state index contributed by atoms with van der Waals surface area (Å²) in [6.45, 7) is 7.41. The Bertz CT molecular complexity index is 1490. The van der Waals surface area contributed by atoms with E-state index in [0.29, 0.717) is 35.5 Å². The van der Waals surface area contributed by atoms with Crippen LogP contribution in [0.4, 0.5) is 5.13 Å². The molecule has 9 heteroatoms. The van der Waals surface area contributed by atoms with Crippen molar-refractivity contribution in [3.8, 4) is 0 Å². The molecule has 1 saturated heterocycles. The predicted molar refractivity (Wildman–Crippen MR) is 142 cm³/mol. The summed E-state index contributed by atoms with van der Waals surface area (Å²) in [5, 5.41) is 0.569. The van der Waals surface area contributed by atoms with E-state index in [1.165, 1.54) is 23.5 Å². The van der Waals surface area contributed by atoms with Gasteiger partial charge >= 0.3 is 0 Å². The van der Waals surface area contributed by atoms with Crippen LogP contribution in [0.1, 0.15) is 47.0 Å². The van der Waals surface area contributed by atoms with E-state index >= 15 is 0 Å². The first kappa shape index (κ1) is 24.7. The van der Waals surface area contributed by atoms with Gasteiger partial charge in [0.2, 0.25) is 10.0 Å². The number of carbonyl (C=O) groups excluding carboxylic acids is 1. The third kappa shape index (κ3) is 4.70. The van der Waals surface area contributed by atoms with Crippen molar-refractivity contribution in [2.24, 2.45) is 5.92 Å². The quantitative estimate of drug-likeness (QED) is 0.320. The number of piperidine rings is 1. The van der Waals surface area contributed by atoms with Crippen molar-refractivity contribution in [1.82, 2.24) is 9.29 Å². The van der Waals surface area contributed by atoms with Crippen molar-refractivity contribution in [2.75, 3.05) is 18.0 Å². The van der Waals surface area contributed by atoms with E-state index in [0.717, 1.165) is 34.2 Å². The Morgan fingerprint density at radius 1 is 1.17 bits per heavy atom. The Labute approximate surface area is 215 Å². The molecule has 7 nitrogen and oxygen atoms in total. The van der Waals surface area contributed by atoms with Gasteiger partial charge in [-0.05, 0) is 86.2 Å². The molecule has 36 heavy (non-hydrogen) atoms. The van der Waals surface area contributed by atoms with E-state index in [1.807, 2.05) is 26.0 Å². The van der Waals surface area contributed by atoms with E-state index in [4.69, 9.17) is 9.40 Å². The van der Waals surface area contributed by atoms with E-state index < -0.39 is 10.0 Å². The summed E-state index contributed by atoms with van der Waals surface area (Å²) in [7, 11) is -3.59. The molecule has 1 amide bonds. The summed E-state index contributed by atoms with van der Waals surface area (Å²) < 4.78 is 34.4. The highest BCUT2D eigenvalue weighted by molar-refractivity contribution is 7.89. The summed E-state index contributed by atoms with van der Waals surface area (Å²) in [4.78, 5) is 20.3. The van der Waals surface area contributed by atoms with Crippen molar-refractivity contribution in [3.05, 3.63) is 77.2 Å². The number of aryl methyl sites for hydroxylation is 2. The van der Waals surface area contributed by atoms with Crippen LogP contribution in [-0.2, 0) is 16.6 Å². The van der Waals surface area contributed by atoms with E-state index in [2.05, 4.69) is 13.0 Å². The molecule has 4 aromatic rings. The van der Waals surface area contributed by atoms with Crippen molar-refractivity contribution in [3.63, 3.8) is 0 Å². The predicted octanol–water partition coefficient (Wildman–Crippen LogP) is 5.77. The molecule has 0 radical (unpaired) electrons. The minimum Gasteiger partial charge on any atom is -0.467 e. The number of fused-ring (bicyclic) bond motifs is 1. The Kier molecular flexibility index (Phi) is 6.72. The molecule has 2 aromatic heterocycles. The molecule has 0 N–H and O–H groups in total. The van der Waals surface area contributed by atoms with Gasteiger partial charge < -0.3 is 4.42 Å². The minimum absolute atomic E-state index is 0.205. The number of anilines is 1. The molecular weight excluding hydrogens is 494 g/mol. The first-order chi connectivity index (χ1) is 17.2. The fourth-order valence-corrected chi connectivity index (χ4v) is 7.17. The molecular formula is C27H29N3O4S2. The molecule has 3 heterocycles. The summed E-state index contributed by atoms with van der Waals surface area (Å²) in [6.07, 6.45) is 3.47. The maximum Gasteiger partial charge on any atom is 0.260 e. The number of thiazole rings is 1. The summed E-state index contributed by atoms with van der Waals surface area (Å²) >= 11 is 1.45. The molecule has 1 unspecified atom stereocenters. The van der Waals surface area contributed by atoms with E-state index in [1.54, 1.807) is 33.7 Å². The zero-order valence-corrected chi connectivity index (χ0v) is 22.2. The Balaban J connectivity index is 1.47. The van der Waals surface area contributed by atoms with Crippen molar-refractivity contribution in [2.45, 2.75) is 45.1 Å². The third-order valence-electron chi connectivity index (χ3n) is 6.80. The largest absolute Gasteiger partial charge is 0.467 e. The number of rotatable bonds is 6. The normalized spacial score (nSPS) is 16.9. The lowest BCUT2D eigenvalue weighted by Gasteiger charge is -2.30. The second kappa shape index (κ2) is 9.80. The average molecular weight is 524 g/mol. The Morgan fingerprint density at radius 2 is 1.94 bits per heavy atom. The smallest absolute Gasteiger partial charge is 0.260 e. The first-order valence-electron chi connectivity index (χ1n) is 12.1. The lowest BCUT2D eigenvalue weighted by molar-refractivity contribution is 0.0983. The molecule has 0 aliphatic carbocycles. The van der Waals surface area contributed by atoms with Crippen molar-refractivity contribution in [1.29, 1.82) is 0 Å². The lowest BCUT2D eigenvalue weighted by atomic mass is 10.0. The van der Waals surface area contributed by atoms with Crippen LogP contribution in [-0.4, -0.2) is 36.7 Å². The van der Waals surface area contributed by atoms with Gasteiger partial charge in [-0.1, -0.05) is 24.3 Å². The van der Waals surface area contributed by atoms with Crippen LogP contribution in [0.25, 0.3) is 10.2 Å². The lowest BCUT2D eigenvalue weighted by Crippen LogP contribution is -2.39. The zero-order chi connectivity index (χ0) is 25.4. The molecule has 1 atom stereocenters. The fourth-order valence-electron chi connectivity index (χ4n) is 4.55. The number of aromatic nitrogens is 1. The number of carbonyl (C=O) groups is 1. The molecule has 1 aliphatic rings. The number of sulfonamides is 1. The van der Waals surface area contributed by atoms with Gasteiger partial charge in [0, 0.05) is 18.7 Å². The number of hydrogen-bond donors (Lipinski definition) is 0. The summed E-state index contributed by atoms with van der Waals surface area (Å²) in [5.41, 5.74) is 3.49. The van der Waals surface area contributed by atoms with Crippen LogP contribution in [0.3, 0.4) is 0 Å². The summed E-state index contributed by atoms with van der Waals surface area (Å²) in [6, 6.07) is 13.9. The van der Waals surface area contributed by atoms with E-state index in [9.17, 15) is 13.2 Å². The SMILES string of the molecule is Cc1ccc2sc(N(Cc3ccco3)C(=O)c3ccc(S(=O)(=O)N4CCCC(C)C4)cc3)nc2c1C. The second-order valence-corrected chi connectivity index (χ2v) is 12.4. The number of amides is 1. The molecule has 0 bridgehead atoms. The molecule has 188 valence electrons. The van der Waals surface area contributed by atoms with Crippen LogP contribution in [0.15, 0.2) is 64.1 Å². The third-order valence-corrected chi connectivity index (χ3v) is 9.73. The monoisotopic (exact) mass is 523 g/mol. The van der Waals surface area contributed by atoms with Gasteiger partial charge in [0.25, 0.3) is 5.91 Å². The van der Waals surface area contributed by atoms with Gasteiger partial charge in [0.1, 0.15) is 5.76 Å². The minimum atomic E-state index is -3.59. The molecule has 5 rings (SSSR count). The average Bonchev–Trinajstić information content (AvgIpc) is 3.55. The van der Waals surface area contributed by atoms with Crippen LogP contribution < -0.4 is 4.90 Å². The zero-order valence-electron chi connectivity index (χ0n) is 20.6. The van der Waals surface area contributed by atoms with E-state index in [-0.39, 0.29) is 17.3 Å². The number of furan rings is 1. The van der Waals surface area contributed by atoms with Gasteiger partial charge in [-0.3, -0.25) is 9.69 Å². The van der Waals surface area contributed by atoms with Gasteiger partial charge in [-0.15, -0.1) is 0 Å². The molecule has 0 saturated carbocycles. The van der Waals surface area contributed by atoms with Gasteiger partial charge in [0.05, 0.1) is 27.9 Å². The van der Waals surface area contributed by atoms with Crippen molar-refractivity contribution < 1.29 is 17.6 Å². The maximum atomic E-state index is 13.7. The molecule has 1 aliphatic heterocycles. The van der Waals surface area contributed by atoms with Gasteiger partial charge in [0.15, 0.2) is 5.13 Å². The number of nitrogens with zero attached hydrogens (tertiary/aromatic N) is 3. The van der Waals surface area contributed by atoms with Gasteiger partial charge in [-0.25, -0.2) is 13.4 Å².